The lowest BCUT2D eigenvalue weighted by molar-refractivity contribution is 0.374. The number of hydrogen-bond acceptors (Lipinski definition) is 0. The van der Waals surface area contributed by atoms with Gasteiger partial charge in [-0.2, -0.15) is 0 Å². The molecule has 1 aromatic rings. The first-order valence-electron chi connectivity index (χ1n) is 4.45. The molecule has 13 heavy (non-hydrogen) atoms. The van der Waals surface area contributed by atoms with Gasteiger partial charge in [-0.3, -0.25) is 0 Å². The summed E-state index contributed by atoms with van der Waals surface area (Å²) < 4.78 is 12.9. The molecule has 2 heteroatoms. The Morgan fingerprint density at radius 3 is 2.23 bits per heavy atom. The molecule has 1 unspecified atom stereocenters. The van der Waals surface area contributed by atoms with Crippen LogP contribution in [-0.2, 0) is 0 Å². The number of halogens is 2. The number of benzene rings is 1. The predicted octanol–water partition coefficient (Wildman–Crippen LogP) is 4.49. The summed E-state index contributed by atoms with van der Waals surface area (Å²) in [6, 6.07) is 5.41. The summed E-state index contributed by atoms with van der Waals surface area (Å²) in [7, 11) is 0. The third-order valence-corrected chi connectivity index (χ3v) is 2.43. The molecule has 72 valence electrons. The zero-order chi connectivity index (χ0) is 10.0. The first-order valence-corrected chi connectivity index (χ1v) is 4.83. The summed E-state index contributed by atoms with van der Waals surface area (Å²) in [5.41, 5.74) is 1.72. The van der Waals surface area contributed by atoms with Crippen LogP contribution < -0.4 is 0 Å². The van der Waals surface area contributed by atoms with Crippen LogP contribution in [0.15, 0.2) is 18.2 Å². The van der Waals surface area contributed by atoms with Crippen molar-refractivity contribution >= 4 is 11.6 Å². The highest BCUT2D eigenvalue weighted by atomic mass is 35.5. The van der Waals surface area contributed by atoms with Crippen molar-refractivity contribution in [1.82, 2.24) is 0 Å². The number of alkyl halides is 1. The van der Waals surface area contributed by atoms with Crippen molar-refractivity contribution in [2.45, 2.75) is 32.9 Å². The van der Waals surface area contributed by atoms with E-state index in [1.165, 1.54) is 6.92 Å². The lowest BCUT2D eigenvalue weighted by Crippen LogP contribution is -1.92. The largest absolute Gasteiger partial charge is 0.243 e. The van der Waals surface area contributed by atoms with Crippen molar-refractivity contribution in [3.05, 3.63) is 34.3 Å². The molecule has 0 fully saturated rings. The van der Waals surface area contributed by atoms with E-state index in [0.717, 1.165) is 5.56 Å². The minimum absolute atomic E-state index is 0.386. The lowest BCUT2D eigenvalue weighted by atomic mass is 10.0. The molecule has 0 spiro atoms. The van der Waals surface area contributed by atoms with Crippen molar-refractivity contribution in [2.75, 3.05) is 0 Å². The summed E-state index contributed by atoms with van der Waals surface area (Å²) in [5.74, 6) is 0.386. The molecule has 1 atom stereocenters. The second-order valence-corrected chi connectivity index (χ2v) is 3.96. The highest BCUT2D eigenvalue weighted by Gasteiger charge is 2.08. The van der Waals surface area contributed by atoms with E-state index < -0.39 is 6.17 Å². The SMILES string of the molecule is CC(C)c1ccc(C(C)F)cc1Cl. The van der Waals surface area contributed by atoms with Crippen LogP contribution in [0.25, 0.3) is 0 Å². The van der Waals surface area contributed by atoms with E-state index in [4.69, 9.17) is 11.6 Å². The predicted molar refractivity (Wildman–Crippen MR) is 55.1 cm³/mol. The Morgan fingerprint density at radius 1 is 1.23 bits per heavy atom. The van der Waals surface area contributed by atoms with Crippen LogP contribution in [0.2, 0.25) is 5.02 Å². The van der Waals surface area contributed by atoms with Gasteiger partial charge in [0.25, 0.3) is 0 Å². The van der Waals surface area contributed by atoms with Crippen LogP contribution in [0.1, 0.15) is 44.0 Å². The Bertz CT molecular complexity index is 292. The second-order valence-electron chi connectivity index (χ2n) is 3.55. The second kappa shape index (κ2) is 4.10. The van der Waals surface area contributed by atoms with Gasteiger partial charge in [-0.1, -0.05) is 37.6 Å². The Morgan fingerprint density at radius 2 is 1.85 bits per heavy atom. The molecule has 0 saturated carbocycles. The molecule has 0 heterocycles. The summed E-state index contributed by atoms with van der Waals surface area (Å²) >= 11 is 6.00. The topological polar surface area (TPSA) is 0 Å². The summed E-state index contributed by atoms with van der Waals surface area (Å²) in [5, 5.41) is 0.664. The minimum atomic E-state index is -0.946. The van der Waals surface area contributed by atoms with Gasteiger partial charge in [-0.25, -0.2) is 4.39 Å². The Hall–Kier alpha value is -0.560. The first-order chi connectivity index (χ1) is 6.02. The quantitative estimate of drug-likeness (QED) is 0.660. The molecule has 0 nitrogen and oxygen atoms in total. The maximum atomic E-state index is 12.9. The van der Waals surface area contributed by atoms with Gasteiger partial charge in [-0.05, 0) is 30.0 Å². The molecule has 0 bridgehead atoms. The van der Waals surface area contributed by atoms with Gasteiger partial charge < -0.3 is 0 Å². The van der Waals surface area contributed by atoms with E-state index in [9.17, 15) is 4.39 Å². The molecule has 0 N–H and O–H groups in total. The summed E-state index contributed by atoms with van der Waals surface area (Å²) in [6.45, 7) is 5.65. The molecule has 0 aliphatic rings. The highest BCUT2D eigenvalue weighted by molar-refractivity contribution is 6.31. The maximum absolute atomic E-state index is 12.9. The van der Waals surface area contributed by atoms with Crippen LogP contribution in [0, 0.1) is 0 Å². The fourth-order valence-electron chi connectivity index (χ4n) is 1.26. The average Bonchev–Trinajstić information content (AvgIpc) is 2.03. The maximum Gasteiger partial charge on any atom is 0.122 e. The van der Waals surface area contributed by atoms with Crippen molar-refractivity contribution in [2.24, 2.45) is 0 Å². The molecule has 1 rings (SSSR count). The zero-order valence-electron chi connectivity index (χ0n) is 8.14. The van der Waals surface area contributed by atoms with Gasteiger partial charge in [0.15, 0.2) is 0 Å². The number of rotatable bonds is 2. The van der Waals surface area contributed by atoms with Crippen molar-refractivity contribution in [3.63, 3.8) is 0 Å². The van der Waals surface area contributed by atoms with Crippen LogP contribution >= 0.6 is 11.6 Å². The van der Waals surface area contributed by atoms with Gasteiger partial charge in [-0.15, -0.1) is 0 Å². The summed E-state index contributed by atoms with van der Waals surface area (Å²) in [4.78, 5) is 0. The van der Waals surface area contributed by atoms with Crippen LogP contribution in [0.5, 0.6) is 0 Å². The molecule has 1 aromatic carbocycles. The van der Waals surface area contributed by atoms with Crippen LogP contribution in [-0.4, -0.2) is 0 Å². The molecule has 0 radical (unpaired) electrons. The molecule has 0 saturated heterocycles. The Balaban J connectivity index is 3.06. The van der Waals surface area contributed by atoms with Crippen molar-refractivity contribution in [1.29, 1.82) is 0 Å². The van der Waals surface area contributed by atoms with Gasteiger partial charge in [0.2, 0.25) is 0 Å². The molecular weight excluding hydrogens is 187 g/mol. The zero-order valence-corrected chi connectivity index (χ0v) is 8.90. The first kappa shape index (κ1) is 10.5. The van der Waals surface area contributed by atoms with Crippen LogP contribution in [0.4, 0.5) is 4.39 Å². The molecule has 0 aromatic heterocycles. The Labute approximate surface area is 83.7 Å². The van der Waals surface area contributed by atoms with E-state index in [0.29, 0.717) is 16.5 Å². The molecule has 0 aliphatic carbocycles. The van der Waals surface area contributed by atoms with E-state index in [2.05, 4.69) is 13.8 Å². The summed E-state index contributed by atoms with van der Waals surface area (Å²) in [6.07, 6.45) is -0.946. The average molecular weight is 201 g/mol. The number of hydrogen-bond donors (Lipinski definition) is 0. The Kier molecular flexibility index (Phi) is 3.32. The van der Waals surface area contributed by atoms with Crippen molar-refractivity contribution < 1.29 is 4.39 Å². The van der Waals surface area contributed by atoms with E-state index in [1.54, 1.807) is 12.1 Å². The fraction of sp³-hybridized carbons (Fsp3) is 0.455. The molecular formula is C11H14ClF. The highest BCUT2D eigenvalue weighted by Crippen LogP contribution is 2.28. The normalized spacial score (nSPS) is 13.4. The smallest absolute Gasteiger partial charge is 0.122 e. The van der Waals surface area contributed by atoms with Gasteiger partial charge in [0.1, 0.15) is 6.17 Å². The lowest BCUT2D eigenvalue weighted by Gasteiger charge is -2.10. The third kappa shape index (κ3) is 2.44. The fourth-order valence-corrected chi connectivity index (χ4v) is 1.67. The van der Waals surface area contributed by atoms with E-state index in [-0.39, 0.29) is 0 Å². The third-order valence-electron chi connectivity index (χ3n) is 2.11. The van der Waals surface area contributed by atoms with E-state index in [1.807, 2.05) is 6.07 Å². The molecule has 0 aliphatic heterocycles. The van der Waals surface area contributed by atoms with E-state index >= 15 is 0 Å². The van der Waals surface area contributed by atoms with Crippen LogP contribution in [0.3, 0.4) is 0 Å². The standard InChI is InChI=1S/C11H14ClF/c1-7(2)10-5-4-9(8(3)13)6-11(10)12/h4-8H,1-3H3. The molecule has 0 amide bonds. The monoisotopic (exact) mass is 200 g/mol. The minimum Gasteiger partial charge on any atom is -0.243 e. The van der Waals surface area contributed by atoms with Gasteiger partial charge in [0.05, 0.1) is 0 Å². The van der Waals surface area contributed by atoms with Gasteiger partial charge >= 0.3 is 0 Å². The van der Waals surface area contributed by atoms with Gasteiger partial charge in [0, 0.05) is 5.02 Å². The van der Waals surface area contributed by atoms with Crippen molar-refractivity contribution in [3.8, 4) is 0 Å².